The predicted molar refractivity (Wildman–Crippen MR) is 71.3 cm³/mol. The number of nitrogens with zero attached hydrogens (tertiary/aromatic N) is 2. The first-order chi connectivity index (χ1) is 10.2. The summed E-state index contributed by atoms with van der Waals surface area (Å²) in [6, 6.07) is 3.08. The van der Waals surface area contributed by atoms with Gasteiger partial charge in [-0.15, -0.1) is 10.2 Å². The standard InChI is InChI=1S/C12H12N4O4S/c17-9(13-14-10(18)8-2-1-5-19-8)6-21-12-16-15-11(20-12)7-3-4-7/h1-2,5,7H,3-4,6H2,(H,13,17)(H,14,18). The summed E-state index contributed by atoms with van der Waals surface area (Å²) in [5.74, 6) is 0.287. The molecule has 2 heterocycles. The van der Waals surface area contributed by atoms with Crippen molar-refractivity contribution >= 4 is 23.6 Å². The zero-order chi connectivity index (χ0) is 14.7. The molecule has 2 aromatic heterocycles. The fourth-order valence-corrected chi connectivity index (χ4v) is 2.10. The number of hydrazine groups is 1. The van der Waals surface area contributed by atoms with Gasteiger partial charge in [0.2, 0.25) is 11.8 Å². The van der Waals surface area contributed by atoms with Gasteiger partial charge in [0.1, 0.15) is 0 Å². The number of aromatic nitrogens is 2. The van der Waals surface area contributed by atoms with Crippen LogP contribution in [0.1, 0.15) is 35.2 Å². The molecule has 3 rings (SSSR count). The molecule has 1 saturated carbocycles. The van der Waals surface area contributed by atoms with Gasteiger partial charge in [-0.3, -0.25) is 20.4 Å². The first-order valence-corrected chi connectivity index (χ1v) is 7.30. The second-order valence-corrected chi connectivity index (χ2v) is 5.38. The van der Waals surface area contributed by atoms with Gasteiger partial charge in [0.05, 0.1) is 12.0 Å². The zero-order valence-corrected chi connectivity index (χ0v) is 11.7. The van der Waals surface area contributed by atoms with E-state index in [1.54, 1.807) is 6.07 Å². The van der Waals surface area contributed by atoms with Gasteiger partial charge in [-0.05, 0) is 25.0 Å². The van der Waals surface area contributed by atoms with Crippen LogP contribution >= 0.6 is 11.8 Å². The van der Waals surface area contributed by atoms with Crippen molar-refractivity contribution in [1.82, 2.24) is 21.0 Å². The maximum atomic E-state index is 11.6. The van der Waals surface area contributed by atoms with E-state index in [-0.39, 0.29) is 17.4 Å². The van der Waals surface area contributed by atoms with E-state index in [9.17, 15) is 9.59 Å². The lowest BCUT2D eigenvalue weighted by Crippen LogP contribution is -2.42. The van der Waals surface area contributed by atoms with Gasteiger partial charge in [-0.1, -0.05) is 11.8 Å². The van der Waals surface area contributed by atoms with Crippen LogP contribution in [0.25, 0.3) is 0 Å². The van der Waals surface area contributed by atoms with Crippen molar-refractivity contribution < 1.29 is 18.4 Å². The van der Waals surface area contributed by atoms with Crippen LogP contribution in [0.3, 0.4) is 0 Å². The molecule has 0 aromatic carbocycles. The molecule has 1 fully saturated rings. The molecule has 110 valence electrons. The van der Waals surface area contributed by atoms with Crippen LogP contribution < -0.4 is 10.9 Å². The summed E-state index contributed by atoms with van der Waals surface area (Å²) in [4.78, 5) is 23.1. The second-order valence-electron chi connectivity index (χ2n) is 4.45. The number of hydrogen-bond donors (Lipinski definition) is 2. The van der Waals surface area contributed by atoms with Crippen LogP contribution in [0, 0.1) is 0 Å². The molecule has 0 bridgehead atoms. The van der Waals surface area contributed by atoms with Crippen LogP contribution in [0.4, 0.5) is 0 Å². The van der Waals surface area contributed by atoms with Crippen LogP contribution in [0.15, 0.2) is 32.5 Å². The smallest absolute Gasteiger partial charge is 0.305 e. The fourth-order valence-electron chi connectivity index (χ4n) is 1.53. The lowest BCUT2D eigenvalue weighted by Gasteiger charge is -2.04. The minimum Gasteiger partial charge on any atom is -0.459 e. The van der Waals surface area contributed by atoms with E-state index in [0.29, 0.717) is 17.0 Å². The van der Waals surface area contributed by atoms with E-state index < -0.39 is 5.91 Å². The van der Waals surface area contributed by atoms with Gasteiger partial charge in [0, 0.05) is 5.92 Å². The van der Waals surface area contributed by atoms with E-state index in [1.165, 1.54) is 12.3 Å². The lowest BCUT2D eigenvalue weighted by molar-refractivity contribution is -0.119. The highest BCUT2D eigenvalue weighted by Crippen LogP contribution is 2.39. The molecule has 2 amide bonds. The summed E-state index contributed by atoms with van der Waals surface area (Å²) >= 11 is 1.12. The highest BCUT2D eigenvalue weighted by atomic mass is 32.2. The van der Waals surface area contributed by atoms with Gasteiger partial charge in [0.15, 0.2) is 5.76 Å². The molecule has 0 unspecified atom stereocenters. The highest BCUT2D eigenvalue weighted by molar-refractivity contribution is 7.99. The number of carbonyl (C=O) groups is 2. The summed E-state index contributed by atoms with van der Waals surface area (Å²) in [7, 11) is 0. The minimum absolute atomic E-state index is 0.0603. The monoisotopic (exact) mass is 308 g/mol. The molecule has 1 aliphatic carbocycles. The quantitative estimate of drug-likeness (QED) is 0.628. The molecule has 0 atom stereocenters. The van der Waals surface area contributed by atoms with Crippen molar-refractivity contribution in [2.24, 2.45) is 0 Å². The number of thioether (sulfide) groups is 1. The van der Waals surface area contributed by atoms with E-state index in [0.717, 1.165) is 24.6 Å². The minimum atomic E-state index is -0.521. The van der Waals surface area contributed by atoms with Gasteiger partial charge in [0.25, 0.3) is 5.22 Å². The van der Waals surface area contributed by atoms with Crippen LogP contribution in [-0.2, 0) is 4.79 Å². The average Bonchev–Trinajstić information content (AvgIpc) is 3.02. The van der Waals surface area contributed by atoms with Crippen molar-refractivity contribution in [3.63, 3.8) is 0 Å². The predicted octanol–water partition coefficient (Wildman–Crippen LogP) is 1.09. The number of amides is 2. The molecule has 21 heavy (non-hydrogen) atoms. The largest absolute Gasteiger partial charge is 0.459 e. The van der Waals surface area contributed by atoms with Crippen molar-refractivity contribution in [2.45, 2.75) is 24.0 Å². The van der Waals surface area contributed by atoms with Gasteiger partial charge in [-0.25, -0.2) is 0 Å². The van der Waals surface area contributed by atoms with Crippen LogP contribution in [0.5, 0.6) is 0 Å². The maximum absolute atomic E-state index is 11.6. The van der Waals surface area contributed by atoms with Gasteiger partial charge >= 0.3 is 5.91 Å². The van der Waals surface area contributed by atoms with Crippen molar-refractivity contribution in [3.8, 4) is 0 Å². The van der Waals surface area contributed by atoms with E-state index in [4.69, 9.17) is 8.83 Å². The second kappa shape index (κ2) is 6.00. The van der Waals surface area contributed by atoms with E-state index in [2.05, 4.69) is 21.0 Å². The first-order valence-electron chi connectivity index (χ1n) is 6.31. The van der Waals surface area contributed by atoms with Gasteiger partial charge < -0.3 is 8.83 Å². The SMILES string of the molecule is O=C(CSc1nnc(C2CC2)o1)NNC(=O)c1ccco1. The third kappa shape index (κ3) is 3.63. The number of rotatable bonds is 5. The molecule has 0 spiro atoms. The third-order valence-electron chi connectivity index (χ3n) is 2.74. The Morgan fingerprint density at radius 3 is 2.90 bits per heavy atom. The molecule has 9 heteroatoms. The summed E-state index contributed by atoms with van der Waals surface area (Å²) in [6.45, 7) is 0. The Morgan fingerprint density at radius 2 is 2.19 bits per heavy atom. The topological polar surface area (TPSA) is 110 Å². The van der Waals surface area contributed by atoms with Crippen molar-refractivity contribution in [1.29, 1.82) is 0 Å². The van der Waals surface area contributed by atoms with Crippen molar-refractivity contribution in [2.75, 3.05) is 5.75 Å². The molecule has 1 aliphatic rings. The Morgan fingerprint density at radius 1 is 1.33 bits per heavy atom. The highest BCUT2D eigenvalue weighted by Gasteiger charge is 2.29. The Labute approximate surface area is 123 Å². The summed E-state index contributed by atoms with van der Waals surface area (Å²) in [5, 5.41) is 8.11. The molecular formula is C12H12N4O4S. The first kappa shape index (κ1) is 13.7. The summed E-state index contributed by atoms with van der Waals surface area (Å²) in [6.07, 6.45) is 3.52. The molecule has 2 aromatic rings. The Balaban J connectivity index is 1.40. The summed E-state index contributed by atoms with van der Waals surface area (Å²) in [5.41, 5.74) is 4.52. The molecular weight excluding hydrogens is 296 g/mol. The number of carbonyl (C=O) groups excluding carboxylic acids is 2. The van der Waals surface area contributed by atoms with Crippen LogP contribution in [-0.4, -0.2) is 27.8 Å². The van der Waals surface area contributed by atoms with E-state index >= 15 is 0 Å². The molecule has 0 radical (unpaired) electrons. The molecule has 2 N–H and O–H groups in total. The molecule has 8 nitrogen and oxygen atoms in total. The van der Waals surface area contributed by atoms with Crippen LogP contribution in [0.2, 0.25) is 0 Å². The van der Waals surface area contributed by atoms with E-state index in [1.807, 2.05) is 0 Å². The lowest BCUT2D eigenvalue weighted by atomic mass is 10.4. The maximum Gasteiger partial charge on any atom is 0.305 e. The normalized spacial score (nSPS) is 13.9. The average molecular weight is 308 g/mol. The molecule has 0 aliphatic heterocycles. The third-order valence-corrected chi connectivity index (χ3v) is 3.55. The summed E-state index contributed by atoms with van der Waals surface area (Å²) < 4.78 is 10.3. The van der Waals surface area contributed by atoms with Gasteiger partial charge in [-0.2, -0.15) is 0 Å². The zero-order valence-electron chi connectivity index (χ0n) is 10.9. The Bertz CT molecular complexity index is 635. The number of nitrogens with one attached hydrogen (secondary N) is 2. The van der Waals surface area contributed by atoms with Crippen molar-refractivity contribution in [3.05, 3.63) is 30.0 Å². The number of hydrogen-bond acceptors (Lipinski definition) is 7. The Hall–Kier alpha value is -2.29. The number of furan rings is 1. The fraction of sp³-hybridized carbons (Fsp3) is 0.333. The molecule has 0 saturated heterocycles. The Kier molecular flexibility index (Phi) is 3.91.